The molecule has 0 aromatic heterocycles. The number of rotatable bonds is 8. The third-order valence-corrected chi connectivity index (χ3v) is 5.45. The second-order valence-corrected chi connectivity index (χ2v) is 7.45. The van der Waals surface area contributed by atoms with Crippen LogP contribution in [0, 0.1) is 0 Å². The van der Waals surface area contributed by atoms with E-state index in [0.29, 0.717) is 29.7 Å². The van der Waals surface area contributed by atoms with Crippen LogP contribution in [0.3, 0.4) is 0 Å². The Hall–Kier alpha value is -2.22. The third-order valence-electron chi connectivity index (χ3n) is 5.18. The molecule has 1 aliphatic rings. The highest BCUT2D eigenvalue weighted by Gasteiger charge is 2.37. The lowest BCUT2D eigenvalue weighted by atomic mass is 9.87. The number of benzene rings is 1. The Bertz CT molecular complexity index is 713. The maximum atomic E-state index is 13.0. The second-order valence-electron chi connectivity index (χ2n) is 7.04. The zero-order chi connectivity index (χ0) is 21.4. The Morgan fingerprint density at radius 2 is 1.90 bits per heavy atom. The Morgan fingerprint density at radius 1 is 1.21 bits per heavy atom. The minimum absolute atomic E-state index is 0.0360. The summed E-state index contributed by atoms with van der Waals surface area (Å²) >= 11 is 5.44. The van der Waals surface area contributed by atoms with Crippen molar-refractivity contribution in [3.05, 3.63) is 23.3 Å². The number of fused-ring (bicyclic) bond motifs is 1. The lowest BCUT2D eigenvalue weighted by molar-refractivity contribution is 0.152. The fraction of sp³-hybridized carbons (Fsp3) is 0.619. The molecule has 0 unspecified atom stereocenters. The third kappa shape index (κ3) is 5.44. The lowest BCUT2D eigenvalue weighted by Gasteiger charge is -2.42. The first-order valence-corrected chi connectivity index (χ1v) is 10.7. The Morgan fingerprint density at radius 3 is 2.48 bits per heavy atom. The monoisotopic (exact) mass is 422 g/mol. The molecule has 0 saturated carbocycles. The first-order chi connectivity index (χ1) is 14.0. The fourth-order valence-corrected chi connectivity index (χ4v) is 4.05. The molecule has 0 fully saturated rings. The van der Waals surface area contributed by atoms with Crippen molar-refractivity contribution in [2.45, 2.75) is 52.1 Å². The van der Waals surface area contributed by atoms with Crippen molar-refractivity contribution >= 4 is 23.4 Å². The van der Waals surface area contributed by atoms with Gasteiger partial charge in [0, 0.05) is 19.6 Å². The average molecular weight is 423 g/mol. The first kappa shape index (κ1) is 23.1. The summed E-state index contributed by atoms with van der Waals surface area (Å²) in [6, 6.07) is 3.77. The summed E-state index contributed by atoms with van der Waals surface area (Å²) in [4.78, 5) is 14.9. The standard InChI is InChI=1S/C21H34N4O3S/c1-6-10-23-21(26)25-11-9-14-12-17(27-4)18(28-5)13-15(14)19(25)16(7-2)24-20(29)22-8-3/h12-13,16,19H,6-11H2,1-5H3,(H,23,26)(H2,22,24,29)/t16-,19+/m1/s1. The highest BCUT2D eigenvalue weighted by molar-refractivity contribution is 7.80. The smallest absolute Gasteiger partial charge is 0.317 e. The molecule has 0 radical (unpaired) electrons. The van der Waals surface area contributed by atoms with Gasteiger partial charge in [-0.15, -0.1) is 0 Å². The van der Waals surface area contributed by atoms with Gasteiger partial charge in [0.05, 0.1) is 26.3 Å². The van der Waals surface area contributed by atoms with Crippen molar-refractivity contribution in [2.24, 2.45) is 0 Å². The van der Waals surface area contributed by atoms with Crippen molar-refractivity contribution in [1.29, 1.82) is 0 Å². The number of methoxy groups -OCH3 is 2. The van der Waals surface area contributed by atoms with E-state index in [2.05, 4.69) is 22.9 Å². The van der Waals surface area contributed by atoms with Gasteiger partial charge < -0.3 is 30.3 Å². The molecule has 29 heavy (non-hydrogen) atoms. The average Bonchev–Trinajstić information content (AvgIpc) is 2.74. The van der Waals surface area contributed by atoms with E-state index in [9.17, 15) is 4.79 Å². The maximum Gasteiger partial charge on any atom is 0.317 e. The number of urea groups is 1. The lowest BCUT2D eigenvalue weighted by Crippen LogP contribution is -2.54. The molecule has 1 aliphatic heterocycles. The summed E-state index contributed by atoms with van der Waals surface area (Å²) in [5, 5.41) is 10.2. The van der Waals surface area contributed by atoms with Gasteiger partial charge in [-0.2, -0.15) is 0 Å². The molecule has 2 rings (SSSR count). The molecule has 8 heteroatoms. The number of nitrogens with zero attached hydrogens (tertiary/aromatic N) is 1. The van der Waals surface area contributed by atoms with Gasteiger partial charge in [-0.1, -0.05) is 13.8 Å². The Labute approximate surface area is 179 Å². The van der Waals surface area contributed by atoms with Crippen LogP contribution in [0.4, 0.5) is 4.79 Å². The van der Waals surface area contributed by atoms with Gasteiger partial charge in [0.1, 0.15) is 0 Å². The van der Waals surface area contributed by atoms with E-state index in [1.165, 1.54) is 5.56 Å². The molecule has 0 saturated heterocycles. The van der Waals surface area contributed by atoms with E-state index in [1.54, 1.807) is 14.2 Å². The number of ether oxygens (including phenoxy) is 2. The van der Waals surface area contributed by atoms with Gasteiger partial charge in [-0.25, -0.2) is 4.79 Å². The highest BCUT2D eigenvalue weighted by Crippen LogP contribution is 2.40. The SMILES string of the molecule is CCCNC(=O)N1CCc2cc(OC)c(OC)cc2[C@H]1[C@@H](CC)NC(=S)NCC. The van der Waals surface area contributed by atoms with Crippen molar-refractivity contribution < 1.29 is 14.3 Å². The van der Waals surface area contributed by atoms with Crippen LogP contribution >= 0.6 is 12.2 Å². The minimum atomic E-state index is -0.169. The van der Waals surface area contributed by atoms with Gasteiger partial charge in [-0.3, -0.25) is 0 Å². The molecule has 162 valence electrons. The zero-order valence-corrected chi connectivity index (χ0v) is 18.9. The number of hydrogen-bond acceptors (Lipinski definition) is 4. The van der Waals surface area contributed by atoms with E-state index in [1.807, 2.05) is 30.9 Å². The van der Waals surface area contributed by atoms with E-state index in [4.69, 9.17) is 21.7 Å². The number of hydrogen-bond donors (Lipinski definition) is 3. The van der Waals surface area contributed by atoms with E-state index in [-0.39, 0.29) is 18.1 Å². The van der Waals surface area contributed by atoms with Crippen LogP contribution in [0.5, 0.6) is 11.5 Å². The van der Waals surface area contributed by atoms with Crippen LogP contribution < -0.4 is 25.4 Å². The van der Waals surface area contributed by atoms with Gasteiger partial charge in [0.15, 0.2) is 16.6 Å². The molecule has 2 atom stereocenters. The molecule has 2 amide bonds. The van der Waals surface area contributed by atoms with Gasteiger partial charge in [-0.05, 0) is 61.7 Å². The fourth-order valence-electron chi connectivity index (χ4n) is 3.76. The van der Waals surface area contributed by atoms with Crippen LogP contribution in [0.2, 0.25) is 0 Å². The molecular weight excluding hydrogens is 388 g/mol. The molecule has 7 nitrogen and oxygen atoms in total. The maximum absolute atomic E-state index is 13.0. The van der Waals surface area contributed by atoms with Crippen LogP contribution in [0.15, 0.2) is 12.1 Å². The topological polar surface area (TPSA) is 74.9 Å². The van der Waals surface area contributed by atoms with Gasteiger partial charge in [0.2, 0.25) is 0 Å². The zero-order valence-electron chi connectivity index (χ0n) is 18.1. The highest BCUT2D eigenvalue weighted by atomic mass is 32.1. The van der Waals surface area contributed by atoms with E-state index < -0.39 is 0 Å². The number of nitrogens with one attached hydrogen (secondary N) is 3. The van der Waals surface area contributed by atoms with Crippen molar-refractivity contribution in [3.63, 3.8) is 0 Å². The number of carbonyl (C=O) groups is 1. The van der Waals surface area contributed by atoms with Crippen molar-refractivity contribution in [1.82, 2.24) is 20.9 Å². The molecule has 1 aromatic carbocycles. The predicted molar refractivity (Wildman–Crippen MR) is 120 cm³/mol. The van der Waals surface area contributed by atoms with Crippen LogP contribution in [0.1, 0.15) is 50.8 Å². The second kappa shape index (κ2) is 11.1. The van der Waals surface area contributed by atoms with Gasteiger partial charge >= 0.3 is 6.03 Å². The van der Waals surface area contributed by atoms with Crippen molar-refractivity contribution in [3.8, 4) is 11.5 Å². The summed E-state index contributed by atoms with van der Waals surface area (Å²) in [6.07, 6.45) is 2.47. The summed E-state index contributed by atoms with van der Waals surface area (Å²) in [5.41, 5.74) is 2.24. The van der Waals surface area contributed by atoms with Crippen LogP contribution in [-0.2, 0) is 6.42 Å². The number of amides is 2. The minimum Gasteiger partial charge on any atom is -0.493 e. The normalized spacial score (nSPS) is 16.4. The Kier molecular flexibility index (Phi) is 8.82. The van der Waals surface area contributed by atoms with Crippen LogP contribution in [0.25, 0.3) is 0 Å². The van der Waals surface area contributed by atoms with Crippen molar-refractivity contribution in [2.75, 3.05) is 33.9 Å². The molecule has 0 spiro atoms. The summed E-state index contributed by atoms with van der Waals surface area (Å²) in [7, 11) is 3.27. The summed E-state index contributed by atoms with van der Waals surface area (Å²) < 4.78 is 11.0. The quantitative estimate of drug-likeness (QED) is 0.559. The number of thiocarbonyl (C=S) groups is 1. The molecule has 1 heterocycles. The van der Waals surface area contributed by atoms with Gasteiger partial charge in [0.25, 0.3) is 0 Å². The molecular formula is C21H34N4O3S. The first-order valence-electron chi connectivity index (χ1n) is 10.3. The summed E-state index contributed by atoms with van der Waals surface area (Å²) in [5.74, 6) is 1.37. The molecule has 3 N–H and O–H groups in total. The number of carbonyl (C=O) groups excluding carboxylic acids is 1. The van der Waals surface area contributed by atoms with Crippen LogP contribution in [-0.4, -0.2) is 55.9 Å². The van der Waals surface area contributed by atoms with E-state index >= 15 is 0 Å². The molecule has 0 aliphatic carbocycles. The molecule has 1 aromatic rings. The summed E-state index contributed by atoms with van der Waals surface area (Å²) in [6.45, 7) is 8.19. The molecule has 0 bridgehead atoms. The predicted octanol–water partition coefficient (Wildman–Crippen LogP) is 2.99. The van der Waals surface area contributed by atoms with E-state index in [0.717, 1.165) is 31.4 Å². The Balaban J connectivity index is 2.47. The largest absolute Gasteiger partial charge is 0.493 e.